The quantitative estimate of drug-likeness (QED) is 0.555. The molecule has 1 fully saturated rings. The van der Waals surface area contributed by atoms with Crippen LogP contribution in [-0.4, -0.2) is 74.0 Å². The molecule has 0 aromatic carbocycles. The van der Waals surface area contributed by atoms with Crippen LogP contribution in [0.5, 0.6) is 0 Å². The number of aliphatic carboxylic acids is 2. The SMILES string of the molecule is O=C(O)C(F)(F)F.O=C(O)C(F)(F)F.c1cc(-c2ncnc3c2CCN(CC2CCCC2)CC3)ccn1. The number of carboxylic acid groups (broad SMARTS) is 2. The van der Waals surface area contributed by atoms with Crippen molar-refractivity contribution in [3.05, 3.63) is 42.1 Å². The monoisotopic (exact) mass is 536 g/mol. The van der Waals surface area contributed by atoms with Crippen molar-refractivity contribution < 1.29 is 46.1 Å². The molecule has 2 N–H and O–H groups in total. The Morgan fingerprint density at radius 1 is 0.892 bits per heavy atom. The zero-order valence-electron chi connectivity index (χ0n) is 19.6. The van der Waals surface area contributed by atoms with Crippen molar-refractivity contribution in [2.24, 2.45) is 5.92 Å². The van der Waals surface area contributed by atoms with Gasteiger partial charge in [-0.25, -0.2) is 19.6 Å². The van der Waals surface area contributed by atoms with Crippen LogP contribution >= 0.6 is 0 Å². The van der Waals surface area contributed by atoms with Gasteiger partial charge in [0.1, 0.15) is 6.33 Å². The number of hydrogen-bond acceptors (Lipinski definition) is 6. The molecule has 1 aliphatic heterocycles. The lowest BCUT2D eigenvalue weighted by molar-refractivity contribution is -0.193. The second-order valence-corrected chi connectivity index (χ2v) is 8.44. The largest absolute Gasteiger partial charge is 0.490 e. The molecule has 2 aromatic rings. The van der Waals surface area contributed by atoms with Gasteiger partial charge in [0, 0.05) is 55.3 Å². The fourth-order valence-electron chi connectivity index (χ4n) is 4.07. The van der Waals surface area contributed by atoms with Crippen LogP contribution in [0.4, 0.5) is 26.3 Å². The van der Waals surface area contributed by atoms with E-state index in [9.17, 15) is 26.3 Å². The van der Waals surface area contributed by atoms with Crippen LogP contribution in [0.1, 0.15) is 36.9 Å². The van der Waals surface area contributed by atoms with Crippen molar-refractivity contribution in [1.29, 1.82) is 0 Å². The number of pyridine rings is 1. The zero-order valence-corrected chi connectivity index (χ0v) is 19.6. The molecule has 204 valence electrons. The highest BCUT2D eigenvalue weighted by atomic mass is 19.4. The Bertz CT molecular complexity index is 1000. The van der Waals surface area contributed by atoms with E-state index in [1.807, 2.05) is 24.5 Å². The topological polar surface area (TPSA) is 117 Å². The summed E-state index contributed by atoms with van der Waals surface area (Å²) in [6.45, 7) is 3.54. The normalized spacial score (nSPS) is 16.4. The molecular weight excluding hydrogens is 510 g/mol. The standard InChI is InChI=1S/C19H24N4.2C2HF3O2/c1-2-4-15(3-1)13-23-11-7-17-18(8-12-23)21-14-22-19(17)16-5-9-20-10-6-16;2*3-2(4,5)1(6)7/h5-6,9-10,14-15H,1-4,7-8,11-13H2;2*(H,6,7). The maximum absolute atomic E-state index is 10.6. The minimum atomic E-state index is -5.08. The Kier molecular flexibility index (Phi) is 10.8. The van der Waals surface area contributed by atoms with Gasteiger partial charge in [-0.2, -0.15) is 26.3 Å². The summed E-state index contributed by atoms with van der Waals surface area (Å²) in [5.74, 6) is -4.60. The molecular formula is C23H26F6N4O4. The smallest absolute Gasteiger partial charge is 0.475 e. The van der Waals surface area contributed by atoms with Crippen LogP contribution in [-0.2, 0) is 22.4 Å². The van der Waals surface area contributed by atoms with Crippen molar-refractivity contribution in [1.82, 2.24) is 19.9 Å². The summed E-state index contributed by atoms with van der Waals surface area (Å²) in [6.07, 6.45) is 3.04. The molecule has 0 saturated heterocycles. The third kappa shape index (κ3) is 9.94. The van der Waals surface area contributed by atoms with Gasteiger partial charge in [0.2, 0.25) is 0 Å². The molecule has 8 nitrogen and oxygen atoms in total. The number of fused-ring (bicyclic) bond motifs is 1. The number of carboxylic acids is 2. The van der Waals surface area contributed by atoms with Gasteiger partial charge in [-0.1, -0.05) is 12.8 Å². The maximum atomic E-state index is 10.6. The van der Waals surface area contributed by atoms with Crippen LogP contribution < -0.4 is 0 Å². The molecule has 0 bridgehead atoms. The number of alkyl halides is 6. The number of carbonyl (C=O) groups is 2. The van der Waals surface area contributed by atoms with E-state index in [1.165, 1.54) is 43.5 Å². The predicted octanol–water partition coefficient (Wildman–Crippen LogP) is 4.40. The number of halogens is 6. The van der Waals surface area contributed by atoms with Crippen molar-refractivity contribution in [3.63, 3.8) is 0 Å². The molecule has 2 aliphatic rings. The zero-order chi connectivity index (χ0) is 27.6. The van der Waals surface area contributed by atoms with Crippen molar-refractivity contribution in [3.8, 4) is 11.3 Å². The van der Waals surface area contributed by atoms with Crippen LogP contribution in [0.2, 0.25) is 0 Å². The molecule has 1 aliphatic carbocycles. The van der Waals surface area contributed by atoms with Gasteiger partial charge in [0.05, 0.1) is 5.69 Å². The summed E-state index contributed by atoms with van der Waals surface area (Å²) in [6, 6.07) is 4.09. The Balaban J connectivity index is 0.000000286. The van der Waals surface area contributed by atoms with Gasteiger partial charge in [0.25, 0.3) is 0 Å². The minimum absolute atomic E-state index is 0.918. The first-order chi connectivity index (χ1) is 17.3. The molecule has 37 heavy (non-hydrogen) atoms. The van der Waals surface area contributed by atoms with E-state index in [1.54, 1.807) is 6.33 Å². The van der Waals surface area contributed by atoms with E-state index in [0.717, 1.165) is 43.1 Å². The van der Waals surface area contributed by atoms with Gasteiger partial charge in [-0.05, 0) is 37.3 Å². The Morgan fingerprint density at radius 2 is 1.41 bits per heavy atom. The highest BCUT2D eigenvalue weighted by Crippen LogP contribution is 2.28. The lowest BCUT2D eigenvalue weighted by Gasteiger charge is -2.23. The molecule has 0 spiro atoms. The van der Waals surface area contributed by atoms with E-state index in [4.69, 9.17) is 19.8 Å². The van der Waals surface area contributed by atoms with E-state index in [0.29, 0.717) is 0 Å². The van der Waals surface area contributed by atoms with Gasteiger partial charge in [0.15, 0.2) is 0 Å². The summed E-state index contributed by atoms with van der Waals surface area (Å²) < 4.78 is 63.5. The van der Waals surface area contributed by atoms with Crippen LogP contribution in [0.25, 0.3) is 11.3 Å². The van der Waals surface area contributed by atoms with Gasteiger partial charge in [-0.3, -0.25) is 4.98 Å². The Labute approximate surface area is 208 Å². The first-order valence-corrected chi connectivity index (χ1v) is 11.3. The molecule has 1 saturated carbocycles. The third-order valence-electron chi connectivity index (χ3n) is 5.81. The highest BCUT2D eigenvalue weighted by molar-refractivity contribution is 5.73. The van der Waals surface area contributed by atoms with E-state index < -0.39 is 24.3 Å². The fourth-order valence-corrected chi connectivity index (χ4v) is 4.07. The summed E-state index contributed by atoms with van der Waals surface area (Å²) >= 11 is 0. The van der Waals surface area contributed by atoms with E-state index in [-0.39, 0.29) is 0 Å². The van der Waals surface area contributed by atoms with Gasteiger partial charge in [-0.15, -0.1) is 0 Å². The summed E-state index contributed by atoms with van der Waals surface area (Å²) in [4.78, 5) is 33.7. The highest BCUT2D eigenvalue weighted by Gasteiger charge is 2.38. The van der Waals surface area contributed by atoms with Crippen molar-refractivity contribution in [2.75, 3.05) is 19.6 Å². The number of rotatable bonds is 3. The number of hydrogen-bond donors (Lipinski definition) is 2. The van der Waals surface area contributed by atoms with E-state index in [2.05, 4.69) is 19.9 Å². The fraction of sp³-hybridized carbons (Fsp3) is 0.522. The van der Waals surface area contributed by atoms with Gasteiger partial charge < -0.3 is 15.1 Å². The summed E-state index contributed by atoms with van der Waals surface area (Å²) in [5.41, 5.74) is 4.83. The molecule has 0 amide bonds. The molecule has 0 atom stereocenters. The maximum Gasteiger partial charge on any atom is 0.490 e. The lowest BCUT2D eigenvalue weighted by atomic mass is 10.0. The summed E-state index contributed by atoms with van der Waals surface area (Å²) in [7, 11) is 0. The number of nitrogens with zero attached hydrogens (tertiary/aromatic N) is 4. The molecule has 3 heterocycles. The molecule has 14 heteroatoms. The lowest BCUT2D eigenvalue weighted by Crippen LogP contribution is -2.31. The average molecular weight is 536 g/mol. The van der Waals surface area contributed by atoms with Gasteiger partial charge >= 0.3 is 24.3 Å². The minimum Gasteiger partial charge on any atom is -0.475 e. The van der Waals surface area contributed by atoms with Crippen molar-refractivity contribution >= 4 is 11.9 Å². The molecule has 0 radical (unpaired) electrons. The molecule has 0 unspecified atom stereocenters. The van der Waals surface area contributed by atoms with Crippen molar-refractivity contribution in [2.45, 2.75) is 50.9 Å². The first-order valence-electron chi connectivity index (χ1n) is 11.3. The van der Waals surface area contributed by atoms with Crippen LogP contribution in [0.15, 0.2) is 30.9 Å². The Morgan fingerprint density at radius 3 is 1.92 bits per heavy atom. The Hall–Kier alpha value is -3.29. The number of aromatic nitrogens is 3. The van der Waals surface area contributed by atoms with E-state index >= 15 is 0 Å². The first kappa shape index (κ1) is 29.9. The molecule has 2 aromatic heterocycles. The predicted molar refractivity (Wildman–Crippen MR) is 118 cm³/mol. The average Bonchev–Trinajstić information content (AvgIpc) is 3.25. The van der Waals surface area contributed by atoms with Crippen LogP contribution in [0, 0.1) is 5.92 Å². The second-order valence-electron chi connectivity index (χ2n) is 8.44. The molecule has 4 rings (SSSR count). The summed E-state index contributed by atoms with van der Waals surface area (Å²) in [5, 5.41) is 14.2. The second kappa shape index (κ2) is 13.3. The third-order valence-corrected chi connectivity index (χ3v) is 5.81. The van der Waals surface area contributed by atoms with Crippen LogP contribution in [0.3, 0.4) is 0 Å².